The Labute approximate surface area is 198 Å². The number of primary sulfonamides is 1. The fourth-order valence-electron chi connectivity index (χ4n) is 2.81. The number of rotatable bonds is 8. The molecule has 1 unspecified atom stereocenters. The predicted octanol–water partition coefficient (Wildman–Crippen LogP) is 0.205. The second kappa shape index (κ2) is 10.3. The molecule has 0 bridgehead atoms. The predicted molar refractivity (Wildman–Crippen MR) is 107 cm³/mol. The van der Waals surface area contributed by atoms with E-state index in [9.17, 15) is 8.42 Å². The smallest absolute Gasteiger partial charge is 1.00 e. The zero-order valence-corrected chi connectivity index (χ0v) is 19.5. The third-order valence-electron chi connectivity index (χ3n) is 4.30. The Morgan fingerprint density at radius 2 is 1.79 bits per heavy atom. The molecule has 1 atom stereocenters. The van der Waals surface area contributed by atoms with Crippen molar-refractivity contribution in [3.8, 4) is 0 Å². The summed E-state index contributed by atoms with van der Waals surface area (Å²) in [4.78, 5) is 0.0180. The number of azo groups is 1. The van der Waals surface area contributed by atoms with Crippen molar-refractivity contribution in [1.29, 1.82) is 0 Å². The Kier molecular flexibility index (Phi) is 8.57. The summed E-state index contributed by atoms with van der Waals surface area (Å²) in [5.74, 6) is 0. The maximum Gasteiger partial charge on any atom is 1.00 e. The summed E-state index contributed by atoms with van der Waals surface area (Å²) in [7, 11) is -3.79. The van der Waals surface area contributed by atoms with E-state index in [0.29, 0.717) is 23.7 Å². The average Bonchev–Trinajstić information content (AvgIpc) is 3.11. The summed E-state index contributed by atoms with van der Waals surface area (Å²) in [6.07, 6.45) is 2.38. The Morgan fingerprint density at radius 1 is 1.14 bits per heavy atom. The molecule has 2 aromatic carbocycles. The molecule has 0 aliphatic carbocycles. The molecule has 0 spiro atoms. The number of aliphatic hydroxyl groups is 1. The van der Waals surface area contributed by atoms with Gasteiger partial charge in [-0.15, -0.1) is 0 Å². The van der Waals surface area contributed by atoms with Crippen LogP contribution in [0.5, 0.6) is 0 Å². The number of nitrogens with zero attached hydrogens (tertiary/aromatic N) is 2. The van der Waals surface area contributed by atoms with Crippen LogP contribution in [-0.4, -0.2) is 33.3 Å². The fourth-order valence-corrected chi connectivity index (χ4v) is 3.45. The van der Waals surface area contributed by atoms with Gasteiger partial charge in [-0.3, -0.25) is 0 Å². The summed E-state index contributed by atoms with van der Waals surface area (Å²) in [6.45, 7) is 0.596. The molecule has 10 heteroatoms. The standard InChI is InChI=1S/C19H20ClN3O4S.Na.H/c20-16-6-2-14(3-7-16)18-12-19(23-22-18,13-27-11-1-10-24)15-4-8-17(9-5-15)28(21,25)26;;/h2-9,12,24H,1,10-11,13H2,(H2,21,25,26);;/q;+1;-1. The van der Waals surface area contributed by atoms with Crippen molar-refractivity contribution in [3.05, 3.63) is 70.8 Å². The Balaban J connectivity index is 0.00000225. The second-order valence-corrected chi connectivity index (χ2v) is 8.36. The van der Waals surface area contributed by atoms with Gasteiger partial charge in [-0.05, 0) is 42.3 Å². The van der Waals surface area contributed by atoms with Crippen LogP contribution in [0.3, 0.4) is 0 Å². The summed E-state index contributed by atoms with van der Waals surface area (Å²) in [6, 6.07) is 13.4. The minimum absolute atomic E-state index is 0. The first-order valence-corrected chi connectivity index (χ1v) is 10.5. The Hall–Kier alpha value is -1.10. The van der Waals surface area contributed by atoms with Crippen LogP contribution in [0.1, 0.15) is 19.0 Å². The van der Waals surface area contributed by atoms with Crippen molar-refractivity contribution in [2.24, 2.45) is 15.4 Å². The molecule has 3 rings (SSSR count). The van der Waals surface area contributed by atoms with Crippen LogP contribution in [0.15, 0.2) is 69.7 Å². The number of aliphatic hydroxyl groups excluding tert-OH is 1. The van der Waals surface area contributed by atoms with Gasteiger partial charge in [0.2, 0.25) is 10.0 Å². The molecule has 1 aliphatic heterocycles. The van der Waals surface area contributed by atoms with Gasteiger partial charge in [0.15, 0.2) is 5.54 Å². The van der Waals surface area contributed by atoms with Crippen molar-refractivity contribution < 1.29 is 49.2 Å². The normalized spacial score (nSPS) is 18.4. The van der Waals surface area contributed by atoms with Crippen molar-refractivity contribution in [2.75, 3.05) is 19.8 Å². The quantitative estimate of drug-likeness (QED) is 0.446. The molecule has 1 aliphatic rings. The molecule has 0 aromatic heterocycles. The van der Waals surface area contributed by atoms with Crippen LogP contribution < -0.4 is 34.7 Å². The van der Waals surface area contributed by atoms with Crippen molar-refractivity contribution in [1.82, 2.24) is 0 Å². The third-order valence-corrected chi connectivity index (χ3v) is 5.48. The number of benzene rings is 2. The average molecular weight is 446 g/mol. The van der Waals surface area contributed by atoms with Gasteiger partial charge in [0.1, 0.15) is 0 Å². The summed E-state index contributed by atoms with van der Waals surface area (Å²) >= 11 is 5.95. The van der Waals surface area contributed by atoms with Crippen molar-refractivity contribution >= 4 is 27.3 Å². The largest absolute Gasteiger partial charge is 1.00 e. The van der Waals surface area contributed by atoms with E-state index in [1.165, 1.54) is 12.1 Å². The van der Waals surface area contributed by atoms with Gasteiger partial charge < -0.3 is 11.3 Å². The maximum absolute atomic E-state index is 11.5. The van der Waals surface area contributed by atoms with E-state index in [1.54, 1.807) is 24.3 Å². The summed E-state index contributed by atoms with van der Waals surface area (Å²) in [5.41, 5.74) is 1.34. The first-order chi connectivity index (χ1) is 13.3. The molecule has 0 saturated carbocycles. The van der Waals surface area contributed by atoms with E-state index in [4.69, 9.17) is 26.6 Å². The van der Waals surface area contributed by atoms with Gasteiger partial charge in [-0.25, -0.2) is 13.6 Å². The van der Waals surface area contributed by atoms with E-state index in [0.717, 1.165) is 11.1 Å². The number of hydrogen-bond acceptors (Lipinski definition) is 6. The molecule has 2 aromatic rings. The number of ether oxygens (including phenoxy) is 1. The van der Waals surface area contributed by atoms with Gasteiger partial charge in [-0.2, -0.15) is 10.2 Å². The van der Waals surface area contributed by atoms with Gasteiger partial charge in [-0.1, -0.05) is 35.9 Å². The van der Waals surface area contributed by atoms with Crippen LogP contribution in [0.2, 0.25) is 5.02 Å². The molecule has 0 fully saturated rings. The van der Waals surface area contributed by atoms with Gasteiger partial charge in [0.25, 0.3) is 0 Å². The molecule has 0 radical (unpaired) electrons. The topological polar surface area (TPSA) is 114 Å². The van der Waals surface area contributed by atoms with Gasteiger partial charge in [0.05, 0.1) is 17.2 Å². The summed E-state index contributed by atoms with van der Waals surface area (Å²) in [5, 5.41) is 23.5. The van der Waals surface area contributed by atoms with Crippen LogP contribution in [-0.2, 0) is 20.3 Å². The van der Waals surface area contributed by atoms with Crippen LogP contribution in [0, 0.1) is 0 Å². The van der Waals surface area contributed by atoms with Gasteiger partial charge in [0, 0.05) is 23.8 Å². The fraction of sp³-hybridized carbons (Fsp3) is 0.263. The SMILES string of the molecule is NS(=O)(=O)c1ccc(C2(COCCCO)C=C(c3ccc(Cl)cc3)N=N2)cc1.[H-].[Na+]. The number of sulfonamides is 1. The Morgan fingerprint density at radius 3 is 2.38 bits per heavy atom. The van der Waals surface area contributed by atoms with E-state index in [-0.39, 0.29) is 49.1 Å². The number of hydrogen-bond donors (Lipinski definition) is 2. The zero-order chi connectivity index (χ0) is 20.2. The Bertz CT molecular complexity index is 1000. The molecule has 150 valence electrons. The molecule has 29 heavy (non-hydrogen) atoms. The van der Waals surface area contributed by atoms with Crippen molar-refractivity contribution in [2.45, 2.75) is 16.9 Å². The summed E-state index contributed by atoms with van der Waals surface area (Å²) < 4.78 is 28.7. The minimum Gasteiger partial charge on any atom is -1.00 e. The van der Waals surface area contributed by atoms with Crippen LogP contribution in [0.25, 0.3) is 5.70 Å². The molecule has 0 saturated heterocycles. The first kappa shape index (κ1) is 24.2. The van der Waals surface area contributed by atoms with E-state index >= 15 is 0 Å². The first-order valence-electron chi connectivity index (χ1n) is 8.58. The van der Waals surface area contributed by atoms with E-state index in [1.807, 2.05) is 18.2 Å². The second-order valence-electron chi connectivity index (χ2n) is 6.36. The molecule has 7 nitrogen and oxygen atoms in total. The monoisotopic (exact) mass is 445 g/mol. The van der Waals surface area contributed by atoms with Crippen molar-refractivity contribution in [3.63, 3.8) is 0 Å². The molecule has 3 N–H and O–H groups in total. The van der Waals surface area contributed by atoms with Crippen LogP contribution in [0.4, 0.5) is 0 Å². The maximum atomic E-state index is 11.5. The van der Waals surface area contributed by atoms with E-state index in [2.05, 4.69) is 10.2 Å². The molecular weight excluding hydrogens is 425 g/mol. The van der Waals surface area contributed by atoms with E-state index < -0.39 is 15.6 Å². The molecule has 0 amide bonds. The van der Waals surface area contributed by atoms with Gasteiger partial charge >= 0.3 is 29.6 Å². The van der Waals surface area contributed by atoms with Crippen LogP contribution >= 0.6 is 11.6 Å². The third kappa shape index (κ3) is 5.96. The zero-order valence-electron chi connectivity index (χ0n) is 17.0. The minimum atomic E-state index is -3.79. The molecular formula is C19H21ClN3NaO4S. The number of nitrogens with two attached hydrogens (primary N) is 1. The molecule has 1 heterocycles. The number of halogens is 1.